The van der Waals surface area contributed by atoms with Crippen molar-refractivity contribution in [2.45, 2.75) is 45.8 Å². The summed E-state index contributed by atoms with van der Waals surface area (Å²) in [5.74, 6) is 0. The molecule has 0 radical (unpaired) electrons. The molecule has 0 atom stereocenters. The molecule has 0 aliphatic rings. The molecule has 0 aliphatic heterocycles. The van der Waals surface area contributed by atoms with Crippen LogP contribution in [0, 0.1) is 0 Å². The van der Waals surface area contributed by atoms with Crippen molar-refractivity contribution in [1.82, 2.24) is 0 Å². The summed E-state index contributed by atoms with van der Waals surface area (Å²) < 4.78 is 5.43. The molecule has 0 aromatic heterocycles. The molecule has 0 aliphatic carbocycles. The summed E-state index contributed by atoms with van der Waals surface area (Å²) in [6.45, 7) is 10.0. The molecule has 0 saturated heterocycles. The van der Waals surface area contributed by atoms with E-state index in [1.807, 2.05) is 26.8 Å². The van der Waals surface area contributed by atoms with Crippen LogP contribution in [-0.4, -0.2) is 22.9 Å². The first-order valence-electron chi connectivity index (χ1n) is 4.25. The highest BCUT2D eigenvalue weighted by atomic mass is 16.5. The molecule has 0 rings (SSSR count). The molecule has 0 aromatic carbocycles. The Morgan fingerprint density at radius 3 is 2.00 bits per heavy atom. The van der Waals surface area contributed by atoms with Gasteiger partial charge in [-0.1, -0.05) is 12.2 Å². The minimum atomic E-state index is -0.735. The average Bonchev–Trinajstić information content (AvgIpc) is 1.76. The first kappa shape index (κ1) is 11.7. The van der Waals surface area contributed by atoms with Crippen LogP contribution in [-0.2, 0) is 4.74 Å². The van der Waals surface area contributed by atoms with Crippen molar-refractivity contribution >= 4 is 0 Å². The lowest BCUT2D eigenvalue weighted by atomic mass is 10.1. The smallest absolute Gasteiger partial charge is 0.0772 e. The van der Waals surface area contributed by atoms with Crippen LogP contribution in [0.2, 0.25) is 0 Å². The fourth-order valence-electron chi connectivity index (χ4n) is 0.635. The zero-order valence-corrected chi connectivity index (χ0v) is 8.72. The van der Waals surface area contributed by atoms with Gasteiger partial charge in [0.15, 0.2) is 0 Å². The van der Waals surface area contributed by atoms with Crippen molar-refractivity contribution in [2.75, 3.05) is 6.61 Å². The molecule has 0 heterocycles. The molecule has 12 heavy (non-hydrogen) atoms. The van der Waals surface area contributed by atoms with Gasteiger partial charge in [0.1, 0.15) is 0 Å². The molecular weight excluding hydrogens is 152 g/mol. The van der Waals surface area contributed by atoms with Gasteiger partial charge in [0.25, 0.3) is 0 Å². The summed E-state index contributed by atoms with van der Waals surface area (Å²) in [5, 5.41) is 9.30. The van der Waals surface area contributed by atoms with E-state index < -0.39 is 5.60 Å². The number of rotatable bonds is 3. The van der Waals surface area contributed by atoms with E-state index in [2.05, 4.69) is 0 Å². The lowest BCUT2D eigenvalue weighted by Gasteiger charge is -2.18. The Bertz CT molecular complexity index is 146. The first-order chi connectivity index (χ1) is 5.21. The van der Waals surface area contributed by atoms with E-state index >= 15 is 0 Å². The average molecular weight is 172 g/mol. The summed E-state index contributed by atoms with van der Waals surface area (Å²) in [6, 6.07) is 0. The van der Waals surface area contributed by atoms with E-state index in [1.165, 1.54) is 0 Å². The van der Waals surface area contributed by atoms with E-state index in [1.54, 1.807) is 19.9 Å². The van der Waals surface area contributed by atoms with Crippen LogP contribution >= 0.6 is 0 Å². The van der Waals surface area contributed by atoms with Crippen molar-refractivity contribution in [2.24, 2.45) is 0 Å². The number of hydrogen-bond donors (Lipinski definition) is 1. The van der Waals surface area contributed by atoms with Crippen molar-refractivity contribution in [1.29, 1.82) is 0 Å². The third-order valence-corrected chi connectivity index (χ3v) is 1.14. The summed E-state index contributed by atoms with van der Waals surface area (Å²) in [7, 11) is 0. The van der Waals surface area contributed by atoms with Crippen LogP contribution in [0.15, 0.2) is 12.2 Å². The molecular formula is C10H20O2. The molecule has 0 bridgehead atoms. The van der Waals surface area contributed by atoms with Crippen LogP contribution in [0.25, 0.3) is 0 Å². The summed E-state index contributed by atoms with van der Waals surface area (Å²) in [5.41, 5.74) is -0.842. The predicted molar refractivity (Wildman–Crippen MR) is 51.1 cm³/mol. The molecule has 0 aromatic rings. The Balaban J connectivity index is 3.64. The maximum atomic E-state index is 9.30. The van der Waals surface area contributed by atoms with Crippen molar-refractivity contribution < 1.29 is 9.84 Å². The Labute approximate surface area is 75.2 Å². The van der Waals surface area contributed by atoms with Crippen molar-refractivity contribution in [3.05, 3.63) is 12.2 Å². The first-order valence-corrected chi connectivity index (χ1v) is 4.25. The molecule has 0 fully saturated rings. The third-order valence-electron chi connectivity index (χ3n) is 1.14. The van der Waals surface area contributed by atoms with E-state index in [0.29, 0.717) is 6.61 Å². The molecule has 2 nitrogen and oxygen atoms in total. The molecule has 0 saturated carbocycles. The van der Waals surface area contributed by atoms with E-state index in [-0.39, 0.29) is 5.60 Å². The normalized spacial score (nSPS) is 14.2. The summed E-state index contributed by atoms with van der Waals surface area (Å²) in [4.78, 5) is 0. The quantitative estimate of drug-likeness (QED) is 0.661. The van der Waals surface area contributed by atoms with Crippen LogP contribution < -0.4 is 0 Å². The molecule has 0 unspecified atom stereocenters. The summed E-state index contributed by atoms with van der Waals surface area (Å²) in [6.07, 6.45) is 3.57. The lowest BCUT2D eigenvalue weighted by molar-refractivity contribution is 0.0141. The molecule has 72 valence electrons. The highest BCUT2D eigenvalue weighted by molar-refractivity contribution is 4.95. The fourth-order valence-corrected chi connectivity index (χ4v) is 0.635. The largest absolute Gasteiger partial charge is 0.386 e. The number of aliphatic hydroxyl groups is 1. The zero-order valence-electron chi connectivity index (χ0n) is 8.72. The topological polar surface area (TPSA) is 29.5 Å². The van der Waals surface area contributed by atoms with Gasteiger partial charge in [0.05, 0.1) is 17.8 Å². The standard InChI is InChI=1S/C10H20O2/c1-9(2,3)12-8-6-7-10(4,5)11/h6-7,11H,8H2,1-5H3/b7-6-. The van der Waals surface area contributed by atoms with Gasteiger partial charge in [-0.15, -0.1) is 0 Å². The highest BCUT2D eigenvalue weighted by Gasteiger charge is 2.09. The van der Waals surface area contributed by atoms with Crippen LogP contribution in [0.1, 0.15) is 34.6 Å². The molecule has 2 heteroatoms. The zero-order chi connectivity index (χ0) is 9.83. The lowest BCUT2D eigenvalue weighted by Crippen LogP contribution is -2.20. The second-order valence-electron chi connectivity index (χ2n) is 4.48. The molecule has 0 spiro atoms. The van der Waals surface area contributed by atoms with Crippen molar-refractivity contribution in [3.63, 3.8) is 0 Å². The highest BCUT2D eigenvalue weighted by Crippen LogP contribution is 2.07. The van der Waals surface area contributed by atoms with Gasteiger partial charge in [-0.05, 0) is 34.6 Å². The Morgan fingerprint density at radius 2 is 1.67 bits per heavy atom. The minimum Gasteiger partial charge on any atom is -0.386 e. The maximum absolute atomic E-state index is 9.30. The maximum Gasteiger partial charge on any atom is 0.0772 e. The van der Waals surface area contributed by atoms with Gasteiger partial charge in [0, 0.05) is 0 Å². The third kappa shape index (κ3) is 9.66. The van der Waals surface area contributed by atoms with Crippen LogP contribution in [0.3, 0.4) is 0 Å². The Hall–Kier alpha value is -0.340. The number of ether oxygens (including phenoxy) is 1. The van der Waals surface area contributed by atoms with Gasteiger partial charge in [-0.25, -0.2) is 0 Å². The van der Waals surface area contributed by atoms with Crippen LogP contribution in [0.5, 0.6) is 0 Å². The van der Waals surface area contributed by atoms with Gasteiger partial charge in [-0.2, -0.15) is 0 Å². The van der Waals surface area contributed by atoms with Gasteiger partial charge >= 0.3 is 0 Å². The minimum absolute atomic E-state index is 0.107. The predicted octanol–water partition coefficient (Wildman–Crippen LogP) is 2.13. The monoisotopic (exact) mass is 172 g/mol. The molecule has 0 amide bonds. The van der Waals surface area contributed by atoms with Crippen molar-refractivity contribution in [3.8, 4) is 0 Å². The molecule has 1 N–H and O–H groups in total. The van der Waals surface area contributed by atoms with Gasteiger partial charge < -0.3 is 9.84 Å². The number of hydrogen-bond acceptors (Lipinski definition) is 2. The van der Waals surface area contributed by atoms with E-state index in [0.717, 1.165) is 0 Å². The van der Waals surface area contributed by atoms with Crippen LogP contribution in [0.4, 0.5) is 0 Å². The second kappa shape index (κ2) is 4.06. The van der Waals surface area contributed by atoms with Gasteiger partial charge in [-0.3, -0.25) is 0 Å². The Kier molecular flexibility index (Phi) is 3.94. The fraction of sp³-hybridized carbons (Fsp3) is 0.800. The van der Waals surface area contributed by atoms with E-state index in [9.17, 15) is 5.11 Å². The summed E-state index contributed by atoms with van der Waals surface area (Å²) >= 11 is 0. The van der Waals surface area contributed by atoms with Gasteiger partial charge in [0.2, 0.25) is 0 Å². The second-order valence-corrected chi connectivity index (χ2v) is 4.48. The van der Waals surface area contributed by atoms with E-state index in [4.69, 9.17) is 4.74 Å². The SMILES string of the molecule is CC(C)(O)/C=C\COC(C)(C)C. The Morgan fingerprint density at radius 1 is 1.17 bits per heavy atom.